The third-order valence-corrected chi connectivity index (χ3v) is 4.38. The molecule has 25 heavy (non-hydrogen) atoms. The summed E-state index contributed by atoms with van der Waals surface area (Å²) >= 11 is 5.91. The van der Waals surface area contributed by atoms with Gasteiger partial charge in [0.1, 0.15) is 0 Å². The number of benzene rings is 1. The molecule has 1 aliphatic rings. The Kier molecular flexibility index (Phi) is 7.68. The van der Waals surface area contributed by atoms with Gasteiger partial charge < -0.3 is 10.6 Å². The SMILES string of the molecule is CC(C)NC(=O)C(=O)NCCN1CCN(Cc2ccc(Cl)cc2)CC1. The molecule has 6 nitrogen and oxygen atoms in total. The van der Waals surface area contributed by atoms with Crippen molar-refractivity contribution in [3.8, 4) is 0 Å². The number of halogens is 1. The molecule has 0 aliphatic carbocycles. The third-order valence-electron chi connectivity index (χ3n) is 4.12. The number of carbonyl (C=O) groups excluding carboxylic acids is 2. The lowest BCUT2D eigenvalue weighted by atomic mass is 10.2. The monoisotopic (exact) mass is 366 g/mol. The standard InChI is InChI=1S/C18H27ClN4O2/c1-14(2)21-18(25)17(24)20-7-8-22-9-11-23(12-10-22)13-15-3-5-16(19)6-4-15/h3-6,14H,7-13H2,1-2H3,(H,20,24)(H,21,25). The predicted octanol–water partition coefficient (Wildman–Crippen LogP) is 1.10. The minimum atomic E-state index is -0.567. The van der Waals surface area contributed by atoms with Gasteiger partial charge in [0.15, 0.2) is 0 Å². The fourth-order valence-corrected chi connectivity index (χ4v) is 2.88. The molecule has 1 aliphatic heterocycles. The lowest BCUT2D eigenvalue weighted by Crippen LogP contribution is -2.49. The van der Waals surface area contributed by atoms with Gasteiger partial charge in [-0.2, -0.15) is 0 Å². The number of hydrogen-bond acceptors (Lipinski definition) is 4. The Morgan fingerprint density at radius 3 is 2.24 bits per heavy atom. The van der Waals surface area contributed by atoms with Crippen molar-refractivity contribution in [3.63, 3.8) is 0 Å². The van der Waals surface area contributed by atoms with Gasteiger partial charge in [-0.25, -0.2) is 0 Å². The maximum absolute atomic E-state index is 11.6. The average Bonchev–Trinajstić information content (AvgIpc) is 2.58. The van der Waals surface area contributed by atoms with Crippen LogP contribution >= 0.6 is 11.6 Å². The Labute approximate surface area is 154 Å². The quantitative estimate of drug-likeness (QED) is 0.740. The van der Waals surface area contributed by atoms with E-state index in [9.17, 15) is 9.59 Å². The zero-order chi connectivity index (χ0) is 18.2. The van der Waals surface area contributed by atoms with Crippen molar-refractivity contribution in [3.05, 3.63) is 34.9 Å². The molecule has 2 amide bonds. The normalized spacial score (nSPS) is 16.0. The van der Waals surface area contributed by atoms with Crippen LogP contribution in [0.2, 0.25) is 5.02 Å². The van der Waals surface area contributed by atoms with E-state index in [1.54, 1.807) is 0 Å². The molecule has 0 radical (unpaired) electrons. The van der Waals surface area contributed by atoms with Crippen LogP contribution in [0.3, 0.4) is 0 Å². The molecule has 0 atom stereocenters. The number of rotatable bonds is 6. The first kappa shape index (κ1) is 19.7. The molecule has 138 valence electrons. The molecular weight excluding hydrogens is 340 g/mol. The Morgan fingerprint density at radius 1 is 1.04 bits per heavy atom. The van der Waals surface area contributed by atoms with Crippen molar-refractivity contribution in [1.29, 1.82) is 0 Å². The first-order valence-electron chi connectivity index (χ1n) is 8.72. The molecule has 1 aromatic rings. The number of hydrogen-bond donors (Lipinski definition) is 2. The number of carbonyl (C=O) groups is 2. The molecular formula is C18H27ClN4O2. The molecule has 2 rings (SSSR count). The second kappa shape index (κ2) is 9.75. The van der Waals surface area contributed by atoms with Gasteiger partial charge in [-0.05, 0) is 31.5 Å². The zero-order valence-corrected chi connectivity index (χ0v) is 15.7. The topological polar surface area (TPSA) is 64.7 Å². The van der Waals surface area contributed by atoms with E-state index in [0.717, 1.165) is 44.3 Å². The van der Waals surface area contributed by atoms with E-state index in [2.05, 4.69) is 32.6 Å². The number of nitrogens with zero attached hydrogens (tertiary/aromatic N) is 2. The van der Waals surface area contributed by atoms with Crippen LogP contribution in [0.25, 0.3) is 0 Å². The minimum Gasteiger partial charge on any atom is -0.347 e. The molecule has 7 heteroatoms. The highest BCUT2D eigenvalue weighted by Gasteiger charge is 2.18. The molecule has 0 saturated carbocycles. The highest BCUT2D eigenvalue weighted by molar-refractivity contribution is 6.35. The average molecular weight is 367 g/mol. The molecule has 0 aromatic heterocycles. The molecule has 2 N–H and O–H groups in total. The number of nitrogens with one attached hydrogen (secondary N) is 2. The molecule has 1 saturated heterocycles. The van der Waals surface area contributed by atoms with E-state index >= 15 is 0 Å². The molecule has 0 unspecified atom stereocenters. The van der Waals surface area contributed by atoms with Crippen LogP contribution in [-0.2, 0) is 16.1 Å². The zero-order valence-electron chi connectivity index (χ0n) is 14.9. The molecule has 1 aromatic carbocycles. The molecule has 1 heterocycles. The summed E-state index contributed by atoms with van der Waals surface area (Å²) in [7, 11) is 0. The van der Waals surface area contributed by atoms with Gasteiger partial charge >= 0.3 is 11.8 Å². The fourth-order valence-electron chi connectivity index (χ4n) is 2.75. The van der Waals surface area contributed by atoms with E-state index in [-0.39, 0.29) is 6.04 Å². The minimum absolute atomic E-state index is 0.0352. The van der Waals surface area contributed by atoms with Crippen molar-refractivity contribution in [1.82, 2.24) is 20.4 Å². The van der Waals surface area contributed by atoms with E-state index < -0.39 is 11.8 Å². The molecule has 1 fully saturated rings. The van der Waals surface area contributed by atoms with Gasteiger partial charge in [0.25, 0.3) is 0 Å². The highest BCUT2D eigenvalue weighted by atomic mass is 35.5. The Bertz CT molecular complexity index is 569. The van der Waals surface area contributed by atoms with Crippen molar-refractivity contribution >= 4 is 23.4 Å². The summed E-state index contributed by atoms with van der Waals surface area (Å²) in [5.41, 5.74) is 1.27. The third kappa shape index (κ3) is 7.02. The van der Waals surface area contributed by atoms with Crippen LogP contribution in [0.5, 0.6) is 0 Å². The van der Waals surface area contributed by atoms with E-state index in [4.69, 9.17) is 11.6 Å². The van der Waals surface area contributed by atoms with E-state index in [1.165, 1.54) is 5.56 Å². The summed E-state index contributed by atoms with van der Waals surface area (Å²) < 4.78 is 0. The summed E-state index contributed by atoms with van der Waals surface area (Å²) in [6.45, 7) is 9.73. The second-order valence-electron chi connectivity index (χ2n) is 6.63. The van der Waals surface area contributed by atoms with Crippen molar-refractivity contribution in [2.75, 3.05) is 39.3 Å². The molecule has 0 spiro atoms. The van der Waals surface area contributed by atoms with Crippen LogP contribution in [0.15, 0.2) is 24.3 Å². The maximum Gasteiger partial charge on any atom is 0.309 e. The Hall–Kier alpha value is -1.63. The molecule has 0 bridgehead atoms. The van der Waals surface area contributed by atoms with Gasteiger partial charge in [-0.1, -0.05) is 23.7 Å². The van der Waals surface area contributed by atoms with Crippen LogP contribution in [0, 0.1) is 0 Å². The van der Waals surface area contributed by atoms with Gasteiger partial charge in [0.2, 0.25) is 0 Å². The maximum atomic E-state index is 11.6. The second-order valence-corrected chi connectivity index (χ2v) is 7.06. The van der Waals surface area contributed by atoms with E-state index in [1.807, 2.05) is 26.0 Å². The summed E-state index contributed by atoms with van der Waals surface area (Å²) in [6.07, 6.45) is 0. The number of amides is 2. The van der Waals surface area contributed by atoms with Gasteiger partial charge in [-0.15, -0.1) is 0 Å². The van der Waals surface area contributed by atoms with Crippen LogP contribution in [0.1, 0.15) is 19.4 Å². The summed E-state index contributed by atoms with van der Waals surface area (Å²) in [5.74, 6) is -1.13. The predicted molar refractivity (Wildman–Crippen MR) is 99.5 cm³/mol. The largest absolute Gasteiger partial charge is 0.347 e. The van der Waals surface area contributed by atoms with Crippen LogP contribution in [-0.4, -0.2) is 66.9 Å². The van der Waals surface area contributed by atoms with Gasteiger partial charge in [0.05, 0.1) is 0 Å². The van der Waals surface area contributed by atoms with Crippen LogP contribution < -0.4 is 10.6 Å². The van der Waals surface area contributed by atoms with Crippen molar-refractivity contribution in [2.45, 2.75) is 26.4 Å². The van der Waals surface area contributed by atoms with Gasteiger partial charge in [0, 0.05) is 56.9 Å². The Morgan fingerprint density at radius 2 is 1.64 bits per heavy atom. The summed E-state index contributed by atoms with van der Waals surface area (Å²) in [4.78, 5) is 27.9. The smallest absolute Gasteiger partial charge is 0.309 e. The first-order valence-corrected chi connectivity index (χ1v) is 9.09. The lowest BCUT2D eigenvalue weighted by molar-refractivity contribution is -0.139. The highest BCUT2D eigenvalue weighted by Crippen LogP contribution is 2.12. The fraction of sp³-hybridized carbons (Fsp3) is 0.556. The van der Waals surface area contributed by atoms with E-state index in [0.29, 0.717) is 6.54 Å². The summed E-state index contributed by atoms with van der Waals surface area (Å²) in [5, 5.41) is 6.02. The van der Waals surface area contributed by atoms with Crippen molar-refractivity contribution < 1.29 is 9.59 Å². The Balaban J connectivity index is 1.63. The van der Waals surface area contributed by atoms with Crippen LogP contribution in [0.4, 0.5) is 0 Å². The summed E-state index contributed by atoms with van der Waals surface area (Å²) in [6, 6.07) is 7.93. The number of piperazine rings is 1. The van der Waals surface area contributed by atoms with Gasteiger partial charge in [-0.3, -0.25) is 19.4 Å². The lowest BCUT2D eigenvalue weighted by Gasteiger charge is -2.34. The van der Waals surface area contributed by atoms with Crippen molar-refractivity contribution in [2.24, 2.45) is 0 Å². The first-order chi connectivity index (χ1) is 11.9.